The number of amides is 1. The molecule has 0 radical (unpaired) electrons. The maximum Gasteiger partial charge on any atom is 0.437 e. The van der Waals surface area contributed by atoms with Crippen molar-refractivity contribution in [2.75, 3.05) is 5.32 Å². The number of aromatic nitrogens is 2. The number of aryl methyl sites for hydroxylation is 2. The van der Waals surface area contributed by atoms with Crippen LogP contribution in [0.3, 0.4) is 0 Å². The fraction of sp³-hybridized carbons (Fsp3) is 0.389. The smallest absolute Gasteiger partial charge is 0.298 e. The fourth-order valence-electron chi connectivity index (χ4n) is 2.43. The Morgan fingerprint density at radius 2 is 2.00 bits per heavy atom. The molecule has 6 nitrogen and oxygen atoms in total. The topological polar surface area (TPSA) is 68.5 Å². The SMILES string of the molecule is Cc1ccc(NC(=O)O/N=C\c2c(C)nn(C(C)(C)C)c2C)cc1Cl. The number of oxime groups is 1. The van der Waals surface area contributed by atoms with Crippen LogP contribution in [0.25, 0.3) is 0 Å². The third-order valence-corrected chi connectivity index (χ3v) is 4.13. The van der Waals surface area contributed by atoms with Gasteiger partial charge in [0.1, 0.15) is 0 Å². The molecule has 0 spiro atoms. The van der Waals surface area contributed by atoms with Crippen LogP contribution in [-0.4, -0.2) is 22.1 Å². The van der Waals surface area contributed by atoms with Gasteiger partial charge in [0.05, 0.1) is 17.4 Å². The predicted molar refractivity (Wildman–Crippen MR) is 101 cm³/mol. The first-order chi connectivity index (χ1) is 11.6. The third-order valence-electron chi connectivity index (χ3n) is 3.72. The molecule has 0 atom stereocenters. The Hall–Kier alpha value is -2.34. The monoisotopic (exact) mass is 362 g/mol. The number of anilines is 1. The zero-order valence-corrected chi connectivity index (χ0v) is 16.1. The molecule has 0 saturated carbocycles. The molecule has 0 bridgehead atoms. The minimum atomic E-state index is -0.685. The average molecular weight is 363 g/mol. The van der Waals surface area contributed by atoms with E-state index in [1.807, 2.05) is 31.5 Å². The van der Waals surface area contributed by atoms with Gasteiger partial charge in [0, 0.05) is 22.0 Å². The van der Waals surface area contributed by atoms with E-state index in [9.17, 15) is 4.79 Å². The van der Waals surface area contributed by atoms with Crippen LogP contribution in [0.15, 0.2) is 23.4 Å². The Balaban J connectivity index is 2.04. The summed E-state index contributed by atoms with van der Waals surface area (Å²) in [5, 5.41) is 11.4. The number of hydrogen-bond donors (Lipinski definition) is 1. The van der Waals surface area contributed by atoms with Gasteiger partial charge in [-0.2, -0.15) is 5.10 Å². The average Bonchev–Trinajstić information content (AvgIpc) is 2.79. The molecule has 25 heavy (non-hydrogen) atoms. The summed E-state index contributed by atoms with van der Waals surface area (Å²) in [5.74, 6) is 0. The van der Waals surface area contributed by atoms with Gasteiger partial charge >= 0.3 is 6.09 Å². The molecule has 0 aliphatic rings. The highest BCUT2D eigenvalue weighted by Crippen LogP contribution is 2.21. The second-order valence-electron chi connectivity index (χ2n) is 6.87. The van der Waals surface area contributed by atoms with Crippen molar-refractivity contribution >= 4 is 29.6 Å². The van der Waals surface area contributed by atoms with E-state index in [-0.39, 0.29) is 5.54 Å². The summed E-state index contributed by atoms with van der Waals surface area (Å²) < 4.78 is 1.93. The maximum atomic E-state index is 11.8. The van der Waals surface area contributed by atoms with E-state index in [2.05, 4.69) is 36.3 Å². The lowest BCUT2D eigenvalue weighted by atomic mass is 10.1. The third kappa shape index (κ3) is 4.60. The zero-order chi connectivity index (χ0) is 18.8. The van der Waals surface area contributed by atoms with Crippen molar-refractivity contribution in [3.8, 4) is 0 Å². The van der Waals surface area contributed by atoms with Crippen molar-refractivity contribution in [2.45, 2.75) is 47.1 Å². The molecule has 1 N–H and O–H groups in total. The Morgan fingerprint density at radius 3 is 2.56 bits per heavy atom. The van der Waals surface area contributed by atoms with E-state index in [1.165, 1.54) is 6.21 Å². The van der Waals surface area contributed by atoms with Crippen LogP contribution in [0.1, 0.15) is 43.3 Å². The number of carbonyl (C=O) groups excluding carboxylic acids is 1. The van der Waals surface area contributed by atoms with Gasteiger partial charge in [-0.05, 0) is 59.2 Å². The van der Waals surface area contributed by atoms with Crippen molar-refractivity contribution in [1.82, 2.24) is 9.78 Å². The van der Waals surface area contributed by atoms with Crippen LogP contribution in [0.4, 0.5) is 10.5 Å². The van der Waals surface area contributed by atoms with E-state index in [0.29, 0.717) is 10.7 Å². The summed E-state index contributed by atoms with van der Waals surface area (Å²) in [6.45, 7) is 12.0. The summed E-state index contributed by atoms with van der Waals surface area (Å²) in [6.07, 6.45) is 0.816. The molecule has 1 aromatic carbocycles. The van der Waals surface area contributed by atoms with Gasteiger partial charge < -0.3 is 0 Å². The van der Waals surface area contributed by atoms with E-state index in [0.717, 1.165) is 22.5 Å². The van der Waals surface area contributed by atoms with E-state index in [4.69, 9.17) is 16.4 Å². The molecule has 0 aliphatic heterocycles. The Labute approximate surface area is 152 Å². The second-order valence-corrected chi connectivity index (χ2v) is 7.28. The van der Waals surface area contributed by atoms with Gasteiger partial charge in [0.15, 0.2) is 0 Å². The normalized spacial score (nSPS) is 11.8. The predicted octanol–water partition coefficient (Wildman–Crippen LogP) is 4.80. The van der Waals surface area contributed by atoms with Crippen molar-refractivity contribution in [3.05, 3.63) is 45.7 Å². The highest BCUT2D eigenvalue weighted by molar-refractivity contribution is 6.31. The Bertz CT molecular complexity index is 819. The maximum absolute atomic E-state index is 11.8. The first-order valence-corrected chi connectivity index (χ1v) is 8.31. The van der Waals surface area contributed by atoms with Crippen molar-refractivity contribution in [1.29, 1.82) is 0 Å². The molecule has 7 heteroatoms. The fourth-order valence-corrected chi connectivity index (χ4v) is 2.61. The largest absolute Gasteiger partial charge is 0.437 e. The van der Waals surface area contributed by atoms with E-state index in [1.54, 1.807) is 12.1 Å². The first-order valence-electron chi connectivity index (χ1n) is 7.94. The lowest BCUT2D eigenvalue weighted by molar-refractivity contribution is 0.167. The molecule has 0 saturated heterocycles. The number of benzene rings is 1. The van der Waals surface area contributed by atoms with Gasteiger partial charge in [0.25, 0.3) is 0 Å². The number of rotatable bonds is 3. The van der Waals surface area contributed by atoms with E-state index < -0.39 is 6.09 Å². The molecule has 134 valence electrons. The molecule has 1 heterocycles. The van der Waals surface area contributed by atoms with Crippen molar-refractivity contribution in [2.24, 2.45) is 5.16 Å². The second kappa shape index (κ2) is 7.27. The van der Waals surface area contributed by atoms with Gasteiger partial charge in [0.2, 0.25) is 0 Å². The van der Waals surface area contributed by atoms with Crippen LogP contribution in [0.5, 0.6) is 0 Å². The molecule has 0 aliphatic carbocycles. The van der Waals surface area contributed by atoms with Crippen LogP contribution >= 0.6 is 11.6 Å². The molecule has 0 unspecified atom stereocenters. The van der Waals surface area contributed by atoms with Gasteiger partial charge in [-0.15, -0.1) is 0 Å². The highest BCUT2D eigenvalue weighted by Gasteiger charge is 2.20. The number of hydrogen-bond acceptors (Lipinski definition) is 4. The molecule has 2 aromatic rings. The minimum Gasteiger partial charge on any atom is -0.298 e. The molecule has 2 rings (SSSR count). The van der Waals surface area contributed by atoms with Gasteiger partial charge in [-0.1, -0.05) is 22.8 Å². The quantitative estimate of drug-likeness (QED) is 0.484. The molecule has 0 fully saturated rings. The summed E-state index contributed by atoms with van der Waals surface area (Å²) in [5.41, 5.74) is 3.96. The summed E-state index contributed by atoms with van der Waals surface area (Å²) in [4.78, 5) is 16.7. The van der Waals surface area contributed by atoms with Crippen LogP contribution in [-0.2, 0) is 10.4 Å². The van der Waals surface area contributed by atoms with Crippen LogP contribution in [0.2, 0.25) is 5.02 Å². The van der Waals surface area contributed by atoms with Gasteiger partial charge in [-0.3, -0.25) is 14.8 Å². The molecular weight excluding hydrogens is 340 g/mol. The lowest BCUT2D eigenvalue weighted by Crippen LogP contribution is -2.24. The van der Waals surface area contributed by atoms with Crippen molar-refractivity contribution in [3.63, 3.8) is 0 Å². The number of nitrogens with one attached hydrogen (secondary N) is 1. The Morgan fingerprint density at radius 1 is 1.32 bits per heavy atom. The van der Waals surface area contributed by atoms with Crippen LogP contribution < -0.4 is 5.32 Å². The van der Waals surface area contributed by atoms with Crippen molar-refractivity contribution < 1.29 is 9.63 Å². The molecule has 1 aromatic heterocycles. The summed E-state index contributed by atoms with van der Waals surface area (Å²) >= 11 is 6.02. The zero-order valence-electron chi connectivity index (χ0n) is 15.3. The minimum absolute atomic E-state index is 0.135. The lowest BCUT2D eigenvalue weighted by Gasteiger charge is -2.21. The standard InChI is InChI=1S/C18H23ClN4O2/c1-11-7-8-14(9-16(11)19)21-17(24)25-20-10-15-12(2)22-23(13(15)3)18(4,5)6/h7-10H,1-6H3,(H,21,24)/b20-10-. The number of carbonyl (C=O) groups is 1. The van der Waals surface area contributed by atoms with Crippen LogP contribution in [0, 0.1) is 20.8 Å². The Kier molecular flexibility index (Phi) is 5.52. The van der Waals surface area contributed by atoms with E-state index >= 15 is 0 Å². The molecular formula is C18H23ClN4O2. The highest BCUT2D eigenvalue weighted by atomic mass is 35.5. The number of halogens is 1. The first kappa shape index (κ1) is 19.0. The van der Waals surface area contributed by atoms with Gasteiger partial charge in [-0.25, -0.2) is 4.79 Å². The summed E-state index contributed by atoms with van der Waals surface area (Å²) in [7, 11) is 0. The summed E-state index contributed by atoms with van der Waals surface area (Å²) in [6, 6.07) is 5.21. The number of nitrogens with zero attached hydrogens (tertiary/aromatic N) is 3. The molecule has 1 amide bonds.